The number of hydrogen-bond acceptors (Lipinski definition) is 2. The number of hydrogen-bond donors (Lipinski definition) is 0. The van der Waals surface area contributed by atoms with Gasteiger partial charge in [0, 0.05) is 34.5 Å². The third-order valence-electron chi connectivity index (χ3n) is 6.34. The Kier molecular flexibility index (Phi) is 6.50. The lowest BCUT2D eigenvalue weighted by Gasteiger charge is -2.37. The maximum absolute atomic E-state index is 14.4. The maximum atomic E-state index is 14.4. The van der Waals surface area contributed by atoms with Gasteiger partial charge in [-0.05, 0) is 41.9 Å². The fourth-order valence-electron chi connectivity index (χ4n) is 4.56. The highest BCUT2D eigenvalue weighted by Gasteiger charge is 2.34. The third kappa shape index (κ3) is 4.86. The van der Waals surface area contributed by atoms with Crippen LogP contribution in [-0.2, 0) is 11.0 Å². The van der Waals surface area contributed by atoms with Gasteiger partial charge in [0.05, 0.1) is 0 Å². The summed E-state index contributed by atoms with van der Waals surface area (Å²) in [6.45, 7) is 1.77. The smallest absolute Gasteiger partial charge is 0.195 e. The Labute approximate surface area is 195 Å². The monoisotopic (exact) mass is 457 g/mol. The normalized spacial score (nSPS) is 19.2. The predicted octanol–water partition coefficient (Wildman–Crippen LogP) is 7.96. The first-order valence-corrected chi connectivity index (χ1v) is 13.9. The summed E-state index contributed by atoms with van der Waals surface area (Å²) in [6.07, 6.45) is 3.30. The third-order valence-corrected chi connectivity index (χ3v) is 10.4. The average Bonchev–Trinajstić information content (AvgIpc) is 2.86. The highest BCUT2D eigenvalue weighted by atomic mass is 32.2. The van der Waals surface area contributed by atoms with E-state index in [9.17, 15) is 4.57 Å². The molecule has 0 bridgehead atoms. The molecule has 2 heterocycles. The molecule has 0 aromatic heterocycles. The summed E-state index contributed by atoms with van der Waals surface area (Å²) in [5, 5.41) is 0. The number of thioether (sulfide) groups is 1. The number of benzene rings is 3. The van der Waals surface area contributed by atoms with Crippen molar-refractivity contribution in [2.24, 2.45) is 5.92 Å². The molecule has 2 aliphatic rings. The molecular formula is C28H28NOPS. The van der Waals surface area contributed by atoms with Gasteiger partial charge in [0.1, 0.15) is 0 Å². The molecule has 3 aromatic rings. The molecule has 1 saturated heterocycles. The van der Waals surface area contributed by atoms with Crippen LogP contribution in [0.15, 0.2) is 103 Å². The van der Waals surface area contributed by atoms with Crippen LogP contribution in [0, 0.1) is 5.92 Å². The van der Waals surface area contributed by atoms with Crippen LogP contribution in [0.5, 0.6) is 0 Å². The minimum Gasteiger partial charge on any atom is -0.297 e. The van der Waals surface area contributed by atoms with E-state index in [0.717, 1.165) is 53.3 Å². The molecule has 4 heteroatoms. The van der Waals surface area contributed by atoms with Crippen LogP contribution in [0.1, 0.15) is 29.5 Å². The maximum Gasteiger partial charge on any atom is 0.195 e. The lowest BCUT2D eigenvalue weighted by atomic mass is 9.91. The van der Waals surface area contributed by atoms with E-state index in [1.165, 1.54) is 5.56 Å². The summed E-state index contributed by atoms with van der Waals surface area (Å²) in [7, 11) is -2.75. The predicted molar refractivity (Wildman–Crippen MR) is 138 cm³/mol. The molecule has 162 valence electrons. The summed E-state index contributed by atoms with van der Waals surface area (Å²) < 4.78 is 16.6. The van der Waals surface area contributed by atoms with Gasteiger partial charge in [-0.3, -0.25) is 4.57 Å². The standard InChI is InChI=1S/C28H28NOPS/c30-31(29-18-16-24(17-19-29)20-23-10-4-1-5-11-23)21-27(25-12-6-2-7-13-25)32-28(22-31)26-14-8-3-9-15-26/h1-15,21-22,24H,16-20H2. The van der Waals surface area contributed by atoms with E-state index in [-0.39, 0.29) is 0 Å². The Morgan fingerprint density at radius 3 is 1.69 bits per heavy atom. The quantitative estimate of drug-likeness (QED) is 0.362. The van der Waals surface area contributed by atoms with Gasteiger partial charge in [0.25, 0.3) is 0 Å². The Balaban J connectivity index is 1.40. The SMILES string of the molecule is O=P1(N2CCC(Cc3ccccc3)CC2)C=C(c2ccccc2)SC(c2ccccc2)=C1. The van der Waals surface area contributed by atoms with Crippen molar-refractivity contribution in [2.45, 2.75) is 19.3 Å². The number of rotatable bonds is 5. The van der Waals surface area contributed by atoms with E-state index in [0.29, 0.717) is 5.92 Å². The topological polar surface area (TPSA) is 20.3 Å². The van der Waals surface area contributed by atoms with Gasteiger partial charge >= 0.3 is 0 Å². The van der Waals surface area contributed by atoms with Crippen LogP contribution in [0.3, 0.4) is 0 Å². The zero-order valence-corrected chi connectivity index (χ0v) is 19.8. The summed E-state index contributed by atoms with van der Waals surface area (Å²) in [5.41, 5.74) is 3.68. The average molecular weight is 458 g/mol. The van der Waals surface area contributed by atoms with Crippen molar-refractivity contribution >= 4 is 28.9 Å². The van der Waals surface area contributed by atoms with Gasteiger partial charge in [-0.15, -0.1) is 0 Å². The molecule has 0 unspecified atom stereocenters. The summed E-state index contributed by atoms with van der Waals surface area (Å²) in [5.74, 6) is 4.77. The molecule has 0 saturated carbocycles. The van der Waals surface area contributed by atoms with Crippen molar-refractivity contribution in [1.82, 2.24) is 4.67 Å². The minimum atomic E-state index is -2.75. The van der Waals surface area contributed by atoms with Gasteiger partial charge in [-0.25, -0.2) is 4.67 Å². The first-order chi connectivity index (χ1) is 15.7. The van der Waals surface area contributed by atoms with Crippen LogP contribution < -0.4 is 0 Å². The van der Waals surface area contributed by atoms with E-state index >= 15 is 0 Å². The second kappa shape index (κ2) is 9.67. The number of piperidine rings is 1. The number of nitrogens with zero attached hydrogens (tertiary/aromatic N) is 1. The molecule has 0 atom stereocenters. The molecule has 1 fully saturated rings. The molecule has 2 nitrogen and oxygen atoms in total. The largest absolute Gasteiger partial charge is 0.297 e. The van der Waals surface area contributed by atoms with Crippen LogP contribution in [0.25, 0.3) is 9.81 Å². The van der Waals surface area contributed by atoms with Gasteiger partial charge in [-0.1, -0.05) is 103 Å². The highest BCUT2D eigenvalue weighted by Crippen LogP contribution is 2.63. The Hall–Kier alpha value is -2.32. The molecule has 0 radical (unpaired) electrons. The van der Waals surface area contributed by atoms with Crippen molar-refractivity contribution in [2.75, 3.05) is 13.1 Å². The van der Waals surface area contributed by atoms with Crippen molar-refractivity contribution in [1.29, 1.82) is 0 Å². The summed E-state index contributed by atoms with van der Waals surface area (Å²) >= 11 is 1.73. The van der Waals surface area contributed by atoms with Crippen molar-refractivity contribution in [3.8, 4) is 0 Å². The van der Waals surface area contributed by atoms with Crippen LogP contribution in [-0.4, -0.2) is 17.8 Å². The summed E-state index contributed by atoms with van der Waals surface area (Å²) in [6, 6.07) is 31.5. The molecule has 0 amide bonds. The second-order valence-corrected chi connectivity index (χ2v) is 12.1. The van der Waals surface area contributed by atoms with Crippen molar-refractivity contribution < 1.29 is 4.57 Å². The van der Waals surface area contributed by atoms with E-state index in [1.807, 2.05) is 12.1 Å². The zero-order valence-electron chi connectivity index (χ0n) is 18.1. The molecule has 32 heavy (non-hydrogen) atoms. The van der Waals surface area contributed by atoms with Gasteiger partial charge in [0.15, 0.2) is 7.29 Å². The lowest BCUT2D eigenvalue weighted by Crippen LogP contribution is -2.31. The first-order valence-electron chi connectivity index (χ1n) is 11.3. The summed E-state index contributed by atoms with van der Waals surface area (Å²) in [4.78, 5) is 2.20. The van der Waals surface area contributed by atoms with Crippen LogP contribution in [0.4, 0.5) is 0 Å². The fraction of sp³-hybridized carbons (Fsp3) is 0.214. The minimum absolute atomic E-state index is 0.662. The molecule has 0 spiro atoms. The van der Waals surface area contributed by atoms with Crippen LogP contribution in [0.2, 0.25) is 0 Å². The van der Waals surface area contributed by atoms with E-state index in [4.69, 9.17) is 0 Å². The fourth-order valence-corrected chi connectivity index (χ4v) is 8.86. The zero-order chi connectivity index (χ0) is 21.8. The lowest BCUT2D eigenvalue weighted by molar-refractivity contribution is 0.275. The molecular weight excluding hydrogens is 429 g/mol. The van der Waals surface area contributed by atoms with Crippen LogP contribution >= 0.6 is 19.1 Å². The molecule has 0 aliphatic carbocycles. The molecule has 3 aromatic carbocycles. The Morgan fingerprint density at radius 2 is 1.19 bits per heavy atom. The van der Waals surface area contributed by atoms with Gasteiger partial charge in [0.2, 0.25) is 0 Å². The molecule has 0 N–H and O–H groups in total. The first kappa shape index (κ1) is 21.5. The van der Waals surface area contributed by atoms with E-state index in [1.54, 1.807) is 11.8 Å². The van der Waals surface area contributed by atoms with E-state index in [2.05, 4.69) is 95.2 Å². The molecule has 5 rings (SSSR count). The highest BCUT2D eigenvalue weighted by molar-refractivity contribution is 8.17. The van der Waals surface area contributed by atoms with Crippen molar-refractivity contribution in [3.05, 3.63) is 119 Å². The van der Waals surface area contributed by atoms with Gasteiger partial charge in [-0.2, -0.15) is 0 Å². The van der Waals surface area contributed by atoms with Crippen molar-refractivity contribution in [3.63, 3.8) is 0 Å². The Bertz CT molecular complexity index is 1090. The van der Waals surface area contributed by atoms with E-state index < -0.39 is 7.29 Å². The Morgan fingerprint density at radius 1 is 0.719 bits per heavy atom. The molecule has 2 aliphatic heterocycles. The second-order valence-electron chi connectivity index (χ2n) is 8.58. The van der Waals surface area contributed by atoms with Gasteiger partial charge < -0.3 is 0 Å².